The highest BCUT2D eigenvalue weighted by molar-refractivity contribution is 8.32. The number of hydrogen-bond acceptors (Lipinski definition) is 3. The van der Waals surface area contributed by atoms with Gasteiger partial charge in [-0.25, -0.2) is 0 Å². The van der Waals surface area contributed by atoms with E-state index in [4.69, 9.17) is 4.74 Å². The van der Waals surface area contributed by atoms with Crippen LogP contribution in [0.15, 0.2) is 29.2 Å². The van der Waals surface area contributed by atoms with Crippen molar-refractivity contribution in [2.75, 3.05) is 18.1 Å². The lowest BCUT2D eigenvalue weighted by Gasteiger charge is -2.36. The van der Waals surface area contributed by atoms with Crippen molar-refractivity contribution in [3.05, 3.63) is 24.3 Å². The van der Waals surface area contributed by atoms with E-state index in [9.17, 15) is 47.9 Å². The minimum absolute atomic E-state index is 0.0145. The highest BCUT2D eigenvalue weighted by atomic mass is 32.3. The molecule has 0 heterocycles. The maximum absolute atomic E-state index is 14.1. The first-order chi connectivity index (χ1) is 14.9. The minimum Gasteiger partial charge on any atom is -0.494 e. The molecule has 0 aliphatic rings. The summed E-state index contributed by atoms with van der Waals surface area (Å²) in [5.74, 6) is -14.9. The zero-order valence-electron chi connectivity index (χ0n) is 17.7. The van der Waals surface area contributed by atoms with E-state index in [0.29, 0.717) is 12.4 Å². The van der Waals surface area contributed by atoms with Crippen LogP contribution in [0.3, 0.4) is 0 Å². The van der Waals surface area contributed by atoms with Gasteiger partial charge in [-0.15, -0.1) is 8.42 Å². The third kappa shape index (κ3) is 5.50. The Morgan fingerprint density at radius 1 is 0.818 bits per heavy atom. The highest BCUT2D eigenvalue weighted by Gasteiger charge is 2.87. The van der Waals surface area contributed by atoms with Crippen molar-refractivity contribution < 1.29 is 56.3 Å². The van der Waals surface area contributed by atoms with Crippen molar-refractivity contribution in [3.63, 3.8) is 0 Å². The molecule has 0 saturated heterocycles. The van der Waals surface area contributed by atoms with E-state index >= 15 is 0 Å². The maximum Gasteiger partial charge on any atom is 0.486 e. The summed E-state index contributed by atoms with van der Waals surface area (Å²) in [6.45, 7) is 4.86. The zero-order valence-corrected chi connectivity index (χ0v) is 19.4. The zero-order chi connectivity index (χ0) is 25.9. The lowest BCUT2D eigenvalue weighted by atomic mass is 10.1. The molecule has 0 fully saturated rings. The van der Waals surface area contributed by atoms with Crippen LogP contribution in [0.25, 0.3) is 0 Å². The van der Waals surface area contributed by atoms with Gasteiger partial charge in [0.1, 0.15) is 5.75 Å². The summed E-state index contributed by atoms with van der Waals surface area (Å²) in [4.78, 5) is 0.0145. The molecule has 4 nitrogen and oxygen atoms in total. The third-order valence-electron chi connectivity index (χ3n) is 4.66. The van der Waals surface area contributed by atoms with Gasteiger partial charge in [0.2, 0.25) is 0 Å². The van der Waals surface area contributed by atoms with Gasteiger partial charge in [0, 0.05) is 21.8 Å². The van der Waals surface area contributed by atoms with E-state index in [0.717, 1.165) is 12.8 Å². The summed E-state index contributed by atoms with van der Waals surface area (Å²) in [6.07, 6.45) is -5.58. The van der Waals surface area contributed by atoms with Crippen LogP contribution in [-0.2, 0) is 10.1 Å². The number of unbranched alkanes of at least 4 members (excludes halogenated alkanes) is 1. The van der Waals surface area contributed by atoms with Gasteiger partial charge < -0.3 is 4.74 Å². The van der Waals surface area contributed by atoms with E-state index in [2.05, 4.69) is 3.63 Å². The van der Waals surface area contributed by atoms with Gasteiger partial charge in [-0.1, -0.05) is 27.2 Å². The Hall–Kier alpha value is -1.35. The summed E-state index contributed by atoms with van der Waals surface area (Å²) >= 11 is 0. The molecule has 0 bridgehead atoms. The molecule has 0 aromatic heterocycles. The van der Waals surface area contributed by atoms with Gasteiger partial charge >= 0.3 is 33.4 Å². The van der Waals surface area contributed by atoms with E-state index in [1.807, 2.05) is 6.92 Å². The van der Waals surface area contributed by atoms with Crippen molar-refractivity contribution in [2.24, 2.45) is 0 Å². The van der Waals surface area contributed by atoms with E-state index in [1.54, 1.807) is 0 Å². The van der Waals surface area contributed by atoms with Crippen molar-refractivity contribution in [1.29, 1.82) is 0 Å². The molecular formula is C18H24F9O4S2+. The second-order valence-corrected chi connectivity index (χ2v) is 12.2. The van der Waals surface area contributed by atoms with Crippen molar-refractivity contribution in [1.82, 2.24) is 0 Å². The summed E-state index contributed by atoms with van der Waals surface area (Å²) in [5, 5.41) is -6.84. The third-order valence-corrected chi connectivity index (χ3v) is 10.6. The van der Waals surface area contributed by atoms with Crippen LogP contribution in [0.1, 0.15) is 33.6 Å². The van der Waals surface area contributed by atoms with Crippen LogP contribution in [0.2, 0.25) is 0 Å². The lowest BCUT2D eigenvalue weighted by molar-refractivity contribution is -0.382. The largest absolute Gasteiger partial charge is 0.494 e. The Labute approximate surface area is 187 Å². The van der Waals surface area contributed by atoms with Crippen molar-refractivity contribution in [2.45, 2.75) is 61.8 Å². The van der Waals surface area contributed by atoms with Crippen LogP contribution >= 0.6 is 10.3 Å². The number of hydrogen-bond donors (Lipinski definition) is 0. The topological polar surface area (TPSA) is 56.2 Å². The van der Waals surface area contributed by atoms with Crippen LogP contribution in [0, 0.1) is 0 Å². The molecule has 0 radical (unpaired) electrons. The van der Waals surface area contributed by atoms with Gasteiger partial charge in [-0.2, -0.15) is 39.5 Å². The Balaban J connectivity index is 3.39. The molecular weight excluding hydrogens is 515 g/mol. The Bertz CT molecular complexity index is 881. The quantitative estimate of drug-likeness (QED) is 0.127. The molecule has 0 amide bonds. The monoisotopic (exact) mass is 539 g/mol. The number of ether oxygens (including phenoxy) is 1. The highest BCUT2D eigenvalue weighted by Crippen LogP contribution is 2.60. The van der Waals surface area contributed by atoms with Crippen molar-refractivity contribution >= 4 is 20.4 Å². The van der Waals surface area contributed by atoms with Gasteiger partial charge in [-0.3, -0.25) is 3.63 Å². The van der Waals surface area contributed by atoms with Crippen LogP contribution in [0.4, 0.5) is 39.5 Å². The summed E-state index contributed by atoms with van der Waals surface area (Å²) < 4.78 is 152. The van der Waals surface area contributed by atoms with Crippen LogP contribution in [0.5, 0.6) is 5.75 Å². The van der Waals surface area contributed by atoms with Gasteiger partial charge in [0.25, 0.3) is 0 Å². The molecule has 0 saturated carbocycles. The standard InChI is InChI=1S/C18H23F9O4S2/c1-4-7-12-30-13-8-10-14(11-9-13)32(5-2,6-3)31-33(28,29)18(26,27)16(21,22)15(19,20)17(23,24)25/h8-11H,4-7,12H2,1-3H3/p+1. The molecule has 15 heteroatoms. The summed E-state index contributed by atoms with van der Waals surface area (Å²) in [5.41, 5.74) is 0. The normalized spacial score (nSPS) is 14.9. The average Bonchev–Trinajstić information content (AvgIpc) is 2.71. The molecule has 33 heavy (non-hydrogen) atoms. The smallest absolute Gasteiger partial charge is 0.486 e. The number of halogens is 9. The fourth-order valence-corrected chi connectivity index (χ4v) is 7.80. The van der Waals surface area contributed by atoms with Gasteiger partial charge in [0.05, 0.1) is 11.5 Å². The molecule has 1 aromatic carbocycles. The molecule has 0 aliphatic heterocycles. The first-order valence-electron chi connectivity index (χ1n) is 9.57. The summed E-state index contributed by atoms with van der Waals surface area (Å²) in [7, 11) is -10.1. The number of benzene rings is 1. The van der Waals surface area contributed by atoms with Gasteiger partial charge in [-0.05, 0) is 30.7 Å². The van der Waals surface area contributed by atoms with E-state index in [1.165, 1.54) is 38.1 Å². The fourth-order valence-electron chi connectivity index (χ4n) is 2.57. The van der Waals surface area contributed by atoms with E-state index in [-0.39, 0.29) is 16.4 Å². The average molecular weight is 540 g/mol. The predicted octanol–water partition coefficient (Wildman–Crippen LogP) is 6.83. The first-order valence-corrected chi connectivity index (χ1v) is 12.9. The predicted molar refractivity (Wildman–Crippen MR) is 106 cm³/mol. The second-order valence-electron chi connectivity index (χ2n) is 6.81. The van der Waals surface area contributed by atoms with Gasteiger partial charge in [0.15, 0.2) is 0 Å². The molecule has 0 unspecified atom stereocenters. The fraction of sp³-hybridized carbons (Fsp3) is 0.667. The number of rotatable bonds is 12. The minimum atomic E-state index is -7.33. The molecule has 194 valence electrons. The molecule has 0 spiro atoms. The molecule has 1 N–H and O–H groups in total. The molecule has 1 rings (SSSR count). The molecule has 1 aromatic rings. The maximum atomic E-state index is 14.1. The SMILES string of the molecule is CCCCOc1ccc(S(CC)(CC)[OH+]S(=O)(=O)C(F)(F)C(F)(F)C(F)(F)C(F)(F)F)cc1. The molecule has 0 aliphatic carbocycles. The first kappa shape index (κ1) is 29.7. The Morgan fingerprint density at radius 3 is 1.70 bits per heavy atom. The number of alkyl halides is 9. The van der Waals surface area contributed by atoms with Crippen molar-refractivity contribution in [3.8, 4) is 5.75 Å². The Morgan fingerprint density at radius 2 is 1.30 bits per heavy atom. The lowest BCUT2D eigenvalue weighted by Crippen LogP contribution is -2.63. The summed E-state index contributed by atoms with van der Waals surface area (Å²) in [6, 6.07) is 5.21. The second kappa shape index (κ2) is 10.1. The Kier molecular flexibility index (Phi) is 9.08. The van der Waals surface area contributed by atoms with Crippen LogP contribution in [-0.4, -0.2) is 53.4 Å². The van der Waals surface area contributed by atoms with Crippen LogP contribution < -0.4 is 4.74 Å². The molecule has 0 atom stereocenters. The van der Waals surface area contributed by atoms with E-state index < -0.39 is 43.7 Å².